The van der Waals surface area contributed by atoms with Crippen molar-refractivity contribution in [2.24, 2.45) is 5.92 Å². The second-order valence-corrected chi connectivity index (χ2v) is 7.15. The van der Waals surface area contributed by atoms with Crippen LogP contribution in [0.2, 0.25) is 0 Å². The maximum absolute atomic E-state index is 13.1. The summed E-state index contributed by atoms with van der Waals surface area (Å²) >= 11 is 0. The number of aliphatic hydroxyl groups excluding tert-OH is 1. The lowest BCUT2D eigenvalue weighted by molar-refractivity contribution is 0.0461. The van der Waals surface area contributed by atoms with Gasteiger partial charge in [0.15, 0.2) is 5.76 Å². The van der Waals surface area contributed by atoms with Crippen molar-refractivity contribution in [2.75, 3.05) is 13.2 Å². The summed E-state index contributed by atoms with van der Waals surface area (Å²) in [5.41, 5.74) is 1.67. The Morgan fingerprint density at radius 3 is 2.80 bits per heavy atom. The quantitative estimate of drug-likeness (QED) is 0.765. The predicted molar refractivity (Wildman–Crippen MR) is 98.8 cm³/mol. The van der Waals surface area contributed by atoms with Crippen molar-refractivity contribution in [3.63, 3.8) is 0 Å². The smallest absolute Gasteiger partial charge is 0.290 e. The number of carbonyl (C=O) groups is 1. The molecule has 130 valence electrons. The molecule has 0 bridgehead atoms. The van der Waals surface area contributed by atoms with Crippen LogP contribution in [0.1, 0.15) is 35.9 Å². The van der Waals surface area contributed by atoms with Gasteiger partial charge >= 0.3 is 0 Å². The van der Waals surface area contributed by atoms with Crippen LogP contribution in [0.5, 0.6) is 0 Å². The zero-order valence-electron chi connectivity index (χ0n) is 14.7. The number of hydrogen-bond donors (Lipinski definition) is 1. The highest BCUT2D eigenvalue weighted by Gasteiger charge is 2.32. The number of rotatable bonds is 2. The molecular formula is C21H23NO3. The lowest BCUT2D eigenvalue weighted by Crippen LogP contribution is -2.46. The molecule has 1 N–H and O–H groups in total. The van der Waals surface area contributed by atoms with Gasteiger partial charge < -0.3 is 14.4 Å². The van der Waals surface area contributed by atoms with Crippen LogP contribution in [0.3, 0.4) is 0 Å². The van der Waals surface area contributed by atoms with Crippen LogP contribution in [0.15, 0.2) is 40.8 Å². The second-order valence-electron chi connectivity index (χ2n) is 7.15. The van der Waals surface area contributed by atoms with Crippen LogP contribution >= 0.6 is 0 Å². The molecule has 0 radical (unpaired) electrons. The zero-order chi connectivity index (χ0) is 17.6. The van der Waals surface area contributed by atoms with Crippen molar-refractivity contribution in [3.8, 4) is 0 Å². The largest absolute Gasteiger partial charge is 0.450 e. The summed E-state index contributed by atoms with van der Waals surface area (Å²) in [6, 6.07) is 12.3. The number of piperidine rings is 1. The maximum Gasteiger partial charge on any atom is 0.290 e. The van der Waals surface area contributed by atoms with Gasteiger partial charge in [0.1, 0.15) is 5.58 Å². The van der Waals surface area contributed by atoms with Gasteiger partial charge in [0.05, 0.1) is 0 Å². The van der Waals surface area contributed by atoms with Gasteiger partial charge in [-0.2, -0.15) is 0 Å². The minimum atomic E-state index is -0.0663. The molecule has 0 saturated carbocycles. The first-order valence-corrected chi connectivity index (χ1v) is 8.93. The van der Waals surface area contributed by atoms with Gasteiger partial charge in [-0.1, -0.05) is 36.4 Å². The molecule has 3 aromatic rings. The number of benzene rings is 2. The molecule has 2 aromatic carbocycles. The van der Waals surface area contributed by atoms with E-state index in [-0.39, 0.29) is 24.5 Å². The topological polar surface area (TPSA) is 53.7 Å². The molecule has 1 amide bonds. The standard InChI is InChI=1S/C21H23NO3/c1-13-7-8-15(12-23)11-22(13)21(24)19-14(2)17-10-9-16-5-3-4-6-18(16)20(17)25-19/h3-6,9-10,13,15,23H,7-8,11-12H2,1-2H3. The van der Waals surface area contributed by atoms with Crippen molar-refractivity contribution >= 4 is 27.6 Å². The van der Waals surface area contributed by atoms with Crippen molar-refractivity contribution < 1.29 is 14.3 Å². The molecule has 25 heavy (non-hydrogen) atoms. The predicted octanol–water partition coefficient (Wildman–Crippen LogP) is 4.13. The van der Waals surface area contributed by atoms with Gasteiger partial charge in [-0.15, -0.1) is 0 Å². The van der Waals surface area contributed by atoms with E-state index in [1.807, 2.05) is 42.2 Å². The Morgan fingerprint density at radius 1 is 1.20 bits per heavy atom. The Labute approximate surface area is 147 Å². The van der Waals surface area contributed by atoms with E-state index in [2.05, 4.69) is 13.0 Å². The van der Waals surface area contributed by atoms with Crippen molar-refractivity contribution in [1.29, 1.82) is 0 Å². The molecule has 2 unspecified atom stereocenters. The third kappa shape index (κ3) is 2.61. The monoisotopic (exact) mass is 337 g/mol. The molecule has 0 aliphatic carbocycles. The van der Waals surface area contributed by atoms with Gasteiger partial charge in [0, 0.05) is 35.5 Å². The Hall–Kier alpha value is -2.33. The Bertz CT molecular complexity index is 943. The molecule has 0 spiro atoms. The molecule has 1 fully saturated rings. The lowest BCUT2D eigenvalue weighted by Gasteiger charge is -2.37. The number of furan rings is 1. The van der Waals surface area contributed by atoms with Gasteiger partial charge in [0.2, 0.25) is 0 Å². The van der Waals surface area contributed by atoms with Crippen LogP contribution in [0.4, 0.5) is 0 Å². The lowest BCUT2D eigenvalue weighted by atomic mass is 9.93. The Morgan fingerprint density at radius 2 is 2.00 bits per heavy atom. The third-order valence-electron chi connectivity index (χ3n) is 5.52. The van der Waals surface area contributed by atoms with Crippen LogP contribution in [-0.2, 0) is 0 Å². The molecule has 4 rings (SSSR count). The molecule has 4 nitrogen and oxygen atoms in total. The average molecular weight is 337 g/mol. The minimum absolute atomic E-state index is 0.0663. The highest BCUT2D eigenvalue weighted by atomic mass is 16.3. The fourth-order valence-electron chi connectivity index (χ4n) is 3.90. The number of amides is 1. The number of nitrogens with zero attached hydrogens (tertiary/aromatic N) is 1. The van der Waals surface area contributed by atoms with Crippen molar-refractivity contribution in [2.45, 2.75) is 32.7 Å². The number of hydrogen-bond acceptors (Lipinski definition) is 3. The van der Waals surface area contributed by atoms with E-state index in [0.717, 1.165) is 40.1 Å². The van der Waals surface area contributed by atoms with Gasteiger partial charge in [-0.05, 0) is 38.0 Å². The molecule has 2 atom stereocenters. The van der Waals surface area contributed by atoms with Crippen LogP contribution in [0, 0.1) is 12.8 Å². The highest BCUT2D eigenvalue weighted by molar-refractivity contribution is 6.08. The van der Waals surface area contributed by atoms with Gasteiger partial charge in [-0.25, -0.2) is 0 Å². The van der Waals surface area contributed by atoms with Crippen LogP contribution in [-0.4, -0.2) is 35.1 Å². The maximum atomic E-state index is 13.1. The molecule has 2 heterocycles. The van der Waals surface area contributed by atoms with E-state index in [4.69, 9.17) is 4.42 Å². The summed E-state index contributed by atoms with van der Waals surface area (Å²) in [6.07, 6.45) is 1.88. The van der Waals surface area contributed by atoms with E-state index in [9.17, 15) is 9.90 Å². The fourth-order valence-corrected chi connectivity index (χ4v) is 3.90. The number of aryl methyl sites for hydroxylation is 1. The minimum Gasteiger partial charge on any atom is -0.450 e. The first-order valence-electron chi connectivity index (χ1n) is 8.93. The van der Waals surface area contributed by atoms with E-state index < -0.39 is 0 Å². The molecular weight excluding hydrogens is 314 g/mol. The summed E-state index contributed by atoms with van der Waals surface area (Å²) in [6.45, 7) is 4.73. The molecule has 1 saturated heterocycles. The summed E-state index contributed by atoms with van der Waals surface area (Å²) in [4.78, 5) is 15.0. The SMILES string of the molecule is Cc1c(C(=O)N2CC(CO)CCC2C)oc2c1ccc1ccccc12. The molecule has 1 aliphatic heterocycles. The van der Waals surface area contributed by atoms with E-state index in [1.165, 1.54) is 0 Å². The highest BCUT2D eigenvalue weighted by Crippen LogP contribution is 2.33. The second kappa shape index (κ2) is 6.19. The Kier molecular flexibility index (Phi) is 4.00. The summed E-state index contributed by atoms with van der Waals surface area (Å²) in [5.74, 6) is 0.519. The van der Waals surface area contributed by atoms with Crippen LogP contribution in [0.25, 0.3) is 21.7 Å². The van der Waals surface area contributed by atoms with Crippen molar-refractivity contribution in [3.05, 3.63) is 47.7 Å². The van der Waals surface area contributed by atoms with E-state index in [0.29, 0.717) is 12.3 Å². The molecule has 1 aliphatic rings. The number of fused-ring (bicyclic) bond motifs is 3. The number of likely N-dealkylation sites (tertiary alicyclic amines) is 1. The first-order chi connectivity index (χ1) is 12.1. The summed E-state index contributed by atoms with van der Waals surface area (Å²) in [5, 5.41) is 12.6. The third-order valence-corrected chi connectivity index (χ3v) is 5.52. The number of aliphatic hydroxyl groups is 1. The average Bonchev–Trinajstić information content (AvgIpc) is 2.99. The summed E-state index contributed by atoms with van der Waals surface area (Å²) in [7, 11) is 0. The normalized spacial score (nSPS) is 21.2. The van der Waals surface area contributed by atoms with E-state index in [1.54, 1.807) is 0 Å². The van der Waals surface area contributed by atoms with Crippen molar-refractivity contribution in [1.82, 2.24) is 4.90 Å². The van der Waals surface area contributed by atoms with E-state index >= 15 is 0 Å². The molecule has 1 aromatic heterocycles. The number of carbonyl (C=O) groups excluding carboxylic acids is 1. The van der Waals surface area contributed by atoms with Crippen LogP contribution < -0.4 is 0 Å². The Balaban J connectivity index is 1.79. The fraction of sp³-hybridized carbons (Fsp3) is 0.381. The van der Waals surface area contributed by atoms with Gasteiger partial charge in [0.25, 0.3) is 5.91 Å². The molecule has 4 heteroatoms. The zero-order valence-corrected chi connectivity index (χ0v) is 14.7. The van der Waals surface area contributed by atoms with Gasteiger partial charge in [-0.3, -0.25) is 4.79 Å². The first kappa shape index (κ1) is 16.2. The summed E-state index contributed by atoms with van der Waals surface area (Å²) < 4.78 is 6.09.